The minimum absolute atomic E-state index is 0.345. The zero-order valence-electron chi connectivity index (χ0n) is 7.13. The van der Waals surface area contributed by atoms with Gasteiger partial charge in [0.1, 0.15) is 0 Å². The van der Waals surface area contributed by atoms with Crippen molar-refractivity contribution in [3.63, 3.8) is 0 Å². The summed E-state index contributed by atoms with van der Waals surface area (Å²) in [5.74, 6) is -0.451. The van der Waals surface area contributed by atoms with Gasteiger partial charge in [0.15, 0.2) is 6.29 Å². The molecule has 0 amide bonds. The van der Waals surface area contributed by atoms with Gasteiger partial charge >= 0.3 is 0 Å². The Kier molecular flexibility index (Phi) is 2.38. The molecule has 0 atom stereocenters. The van der Waals surface area contributed by atoms with E-state index < -0.39 is 5.78 Å². The van der Waals surface area contributed by atoms with Crippen molar-refractivity contribution in [2.24, 2.45) is 0 Å². The van der Waals surface area contributed by atoms with Crippen molar-refractivity contribution in [3.05, 3.63) is 34.9 Å². The topological polar surface area (TPSA) is 34.1 Å². The van der Waals surface area contributed by atoms with E-state index in [1.165, 1.54) is 0 Å². The number of ketones is 1. The molecule has 2 nitrogen and oxygen atoms in total. The first-order valence-corrected chi connectivity index (χ1v) is 3.72. The number of rotatable bonds is 2. The molecule has 0 heterocycles. The summed E-state index contributed by atoms with van der Waals surface area (Å²) in [6.45, 7) is 3.77. The fourth-order valence-electron chi connectivity index (χ4n) is 1.15. The highest BCUT2D eigenvalue weighted by Crippen LogP contribution is 2.09. The Morgan fingerprint density at radius 2 is 2.00 bits per heavy atom. The van der Waals surface area contributed by atoms with E-state index in [4.69, 9.17) is 0 Å². The third kappa shape index (κ3) is 1.59. The van der Waals surface area contributed by atoms with Gasteiger partial charge in [-0.1, -0.05) is 23.8 Å². The van der Waals surface area contributed by atoms with E-state index >= 15 is 0 Å². The number of Topliss-reactive ketones (excluding diaryl/α,β-unsaturated/α-hetero) is 1. The summed E-state index contributed by atoms with van der Waals surface area (Å²) in [5, 5.41) is 0. The minimum Gasteiger partial charge on any atom is -0.294 e. The molecule has 0 aliphatic heterocycles. The van der Waals surface area contributed by atoms with Crippen LogP contribution in [-0.4, -0.2) is 12.1 Å². The van der Waals surface area contributed by atoms with E-state index in [0.29, 0.717) is 11.8 Å². The first-order valence-electron chi connectivity index (χ1n) is 3.72. The second-order valence-corrected chi connectivity index (χ2v) is 2.80. The van der Waals surface area contributed by atoms with Gasteiger partial charge in [0, 0.05) is 5.56 Å². The fourth-order valence-corrected chi connectivity index (χ4v) is 1.15. The predicted octanol–water partition coefficient (Wildman–Crippen LogP) is 1.69. The normalized spacial score (nSPS) is 9.50. The molecule has 0 N–H and O–H groups in total. The lowest BCUT2D eigenvalue weighted by atomic mass is 10.0. The summed E-state index contributed by atoms with van der Waals surface area (Å²) in [6.07, 6.45) is 0.345. The largest absolute Gasteiger partial charge is 0.294 e. The summed E-state index contributed by atoms with van der Waals surface area (Å²) in [6, 6.07) is 5.39. The molecule has 1 aromatic carbocycles. The maximum Gasteiger partial charge on any atom is 0.225 e. The van der Waals surface area contributed by atoms with Crippen LogP contribution >= 0.6 is 0 Å². The van der Waals surface area contributed by atoms with Crippen LogP contribution in [-0.2, 0) is 4.79 Å². The van der Waals surface area contributed by atoms with Crippen LogP contribution < -0.4 is 0 Å². The van der Waals surface area contributed by atoms with Crippen LogP contribution in [0.5, 0.6) is 0 Å². The molecule has 1 aromatic rings. The highest BCUT2D eigenvalue weighted by atomic mass is 16.2. The van der Waals surface area contributed by atoms with Gasteiger partial charge in [-0.3, -0.25) is 9.59 Å². The molecular weight excluding hydrogens is 152 g/mol. The number of hydrogen-bond acceptors (Lipinski definition) is 2. The summed E-state index contributed by atoms with van der Waals surface area (Å²) in [7, 11) is 0. The third-order valence-electron chi connectivity index (χ3n) is 1.75. The van der Waals surface area contributed by atoms with E-state index in [0.717, 1.165) is 11.1 Å². The van der Waals surface area contributed by atoms with Crippen LogP contribution in [0.3, 0.4) is 0 Å². The van der Waals surface area contributed by atoms with Crippen molar-refractivity contribution in [2.75, 3.05) is 0 Å². The second kappa shape index (κ2) is 3.30. The smallest absolute Gasteiger partial charge is 0.225 e. The lowest BCUT2D eigenvalue weighted by molar-refractivity contribution is -0.104. The van der Waals surface area contributed by atoms with Crippen molar-refractivity contribution >= 4 is 12.1 Å². The Morgan fingerprint density at radius 3 is 2.50 bits per heavy atom. The SMILES string of the molecule is Cc1ccc(C(=O)C=O)c(C)c1. The Balaban J connectivity index is 3.18. The first kappa shape index (κ1) is 8.65. The van der Waals surface area contributed by atoms with Gasteiger partial charge in [0.05, 0.1) is 0 Å². The molecular formula is C10H10O2. The van der Waals surface area contributed by atoms with Crippen molar-refractivity contribution in [2.45, 2.75) is 13.8 Å². The molecule has 0 radical (unpaired) electrons. The number of benzene rings is 1. The molecule has 12 heavy (non-hydrogen) atoms. The van der Waals surface area contributed by atoms with Crippen molar-refractivity contribution in [3.8, 4) is 0 Å². The number of aryl methyl sites for hydroxylation is 2. The number of aldehydes is 1. The molecule has 0 aliphatic rings. The molecule has 2 heteroatoms. The van der Waals surface area contributed by atoms with Crippen LogP contribution in [0.25, 0.3) is 0 Å². The quantitative estimate of drug-likeness (QED) is 0.376. The maximum absolute atomic E-state index is 11.0. The summed E-state index contributed by atoms with van der Waals surface area (Å²) in [5.41, 5.74) is 2.44. The van der Waals surface area contributed by atoms with Crippen molar-refractivity contribution in [1.82, 2.24) is 0 Å². The van der Waals surface area contributed by atoms with Crippen molar-refractivity contribution < 1.29 is 9.59 Å². The van der Waals surface area contributed by atoms with Gasteiger partial charge < -0.3 is 0 Å². The van der Waals surface area contributed by atoms with Gasteiger partial charge in [-0.2, -0.15) is 0 Å². The first-order chi connectivity index (χ1) is 5.65. The van der Waals surface area contributed by atoms with E-state index in [9.17, 15) is 9.59 Å². The highest BCUT2D eigenvalue weighted by molar-refractivity contribution is 6.33. The lowest BCUT2D eigenvalue weighted by Gasteiger charge is -2.00. The molecule has 62 valence electrons. The van der Waals surface area contributed by atoms with Gasteiger partial charge in [0.2, 0.25) is 5.78 Å². The van der Waals surface area contributed by atoms with E-state index in [2.05, 4.69) is 0 Å². The molecule has 0 fully saturated rings. The standard InChI is InChI=1S/C10H10O2/c1-7-3-4-9(8(2)5-7)10(12)6-11/h3-6H,1-2H3. The van der Waals surface area contributed by atoms with Crippen LogP contribution in [0.1, 0.15) is 21.5 Å². The lowest BCUT2D eigenvalue weighted by Crippen LogP contribution is -2.02. The maximum atomic E-state index is 11.0. The van der Waals surface area contributed by atoms with Crippen LogP contribution in [0.2, 0.25) is 0 Å². The fraction of sp³-hybridized carbons (Fsp3) is 0.200. The summed E-state index contributed by atoms with van der Waals surface area (Å²) in [4.78, 5) is 21.2. The average Bonchev–Trinajstić information content (AvgIpc) is 2.03. The molecule has 0 aromatic heterocycles. The average molecular weight is 162 g/mol. The molecule has 0 saturated heterocycles. The van der Waals surface area contributed by atoms with Crippen LogP contribution in [0, 0.1) is 13.8 Å². The Labute approximate surface area is 71.2 Å². The van der Waals surface area contributed by atoms with Gasteiger partial charge in [-0.05, 0) is 19.4 Å². The number of carbonyl (C=O) groups excluding carboxylic acids is 2. The Bertz CT molecular complexity index is 327. The second-order valence-electron chi connectivity index (χ2n) is 2.80. The molecule has 0 aliphatic carbocycles. The molecule has 0 spiro atoms. The minimum atomic E-state index is -0.451. The molecule has 0 bridgehead atoms. The monoisotopic (exact) mass is 162 g/mol. The summed E-state index contributed by atoms with van der Waals surface area (Å²) >= 11 is 0. The highest BCUT2D eigenvalue weighted by Gasteiger charge is 2.06. The van der Waals surface area contributed by atoms with Gasteiger partial charge in [-0.15, -0.1) is 0 Å². The van der Waals surface area contributed by atoms with Crippen LogP contribution in [0.15, 0.2) is 18.2 Å². The predicted molar refractivity (Wildman–Crippen MR) is 46.3 cm³/mol. The zero-order chi connectivity index (χ0) is 9.14. The Hall–Kier alpha value is -1.44. The van der Waals surface area contributed by atoms with Crippen molar-refractivity contribution in [1.29, 1.82) is 0 Å². The number of hydrogen-bond donors (Lipinski definition) is 0. The molecule has 0 unspecified atom stereocenters. The van der Waals surface area contributed by atoms with Gasteiger partial charge in [-0.25, -0.2) is 0 Å². The van der Waals surface area contributed by atoms with E-state index in [-0.39, 0.29) is 0 Å². The zero-order valence-corrected chi connectivity index (χ0v) is 7.13. The summed E-state index contributed by atoms with van der Waals surface area (Å²) < 4.78 is 0. The third-order valence-corrected chi connectivity index (χ3v) is 1.75. The van der Waals surface area contributed by atoms with E-state index in [1.807, 2.05) is 26.0 Å². The number of carbonyl (C=O) groups is 2. The van der Waals surface area contributed by atoms with Crippen LogP contribution in [0.4, 0.5) is 0 Å². The molecule has 0 saturated carbocycles. The Morgan fingerprint density at radius 1 is 1.33 bits per heavy atom. The van der Waals surface area contributed by atoms with Gasteiger partial charge in [0.25, 0.3) is 0 Å². The van der Waals surface area contributed by atoms with E-state index in [1.54, 1.807) is 6.07 Å². The molecule has 1 rings (SSSR count).